The van der Waals surface area contributed by atoms with Crippen molar-refractivity contribution < 1.29 is 0 Å². The number of para-hydroxylation sites is 1. The molecule has 0 bridgehead atoms. The molecule has 0 saturated carbocycles. The SMILES string of the molecule is CN(c1ccccc1)c1ccc(-c2ccc3c(c2)C(CCc2ccc4c(c2)CC4)(CCc2ccc4c(c2)CC4)c2cc(C(C)(C)C4=CCCC=C4)ccc2-3)cc1. The number of rotatable bonds is 11. The molecule has 0 radical (unpaired) electrons. The summed E-state index contributed by atoms with van der Waals surface area (Å²) in [5, 5.41) is 0. The Labute approximate surface area is 334 Å². The molecule has 1 nitrogen and oxygen atoms in total. The van der Waals surface area contributed by atoms with Crippen LogP contribution in [0.5, 0.6) is 0 Å². The third-order valence-corrected chi connectivity index (χ3v) is 14.1. The molecule has 6 aromatic rings. The van der Waals surface area contributed by atoms with Gasteiger partial charge in [-0.15, -0.1) is 0 Å². The van der Waals surface area contributed by atoms with Gasteiger partial charge in [-0.05, 0) is 172 Å². The van der Waals surface area contributed by atoms with Crippen LogP contribution in [0.3, 0.4) is 0 Å². The first-order valence-electron chi connectivity index (χ1n) is 21.1. The average Bonchev–Trinajstić information content (AvgIpc) is 3.49. The zero-order chi connectivity index (χ0) is 37.9. The van der Waals surface area contributed by atoms with Crippen LogP contribution in [0.4, 0.5) is 11.4 Å². The fraction of sp³-hybridized carbons (Fsp3) is 0.273. The van der Waals surface area contributed by atoms with E-state index in [4.69, 9.17) is 0 Å². The van der Waals surface area contributed by atoms with Gasteiger partial charge in [-0.25, -0.2) is 0 Å². The molecule has 6 aromatic carbocycles. The van der Waals surface area contributed by atoms with Gasteiger partial charge >= 0.3 is 0 Å². The smallest absolute Gasteiger partial charge is 0.0408 e. The Bertz CT molecular complexity index is 2450. The highest BCUT2D eigenvalue weighted by Crippen LogP contribution is 2.56. The van der Waals surface area contributed by atoms with Crippen LogP contribution in [-0.4, -0.2) is 7.05 Å². The van der Waals surface area contributed by atoms with Crippen LogP contribution in [0.1, 0.15) is 89.6 Å². The van der Waals surface area contributed by atoms with Gasteiger partial charge in [-0.2, -0.15) is 0 Å². The van der Waals surface area contributed by atoms with Gasteiger partial charge in [0.1, 0.15) is 0 Å². The van der Waals surface area contributed by atoms with E-state index >= 15 is 0 Å². The fourth-order valence-electron chi connectivity index (χ4n) is 10.2. The van der Waals surface area contributed by atoms with Gasteiger partial charge in [-0.1, -0.05) is 129 Å². The summed E-state index contributed by atoms with van der Waals surface area (Å²) in [5.41, 5.74) is 22.7. The summed E-state index contributed by atoms with van der Waals surface area (Å²) in [6.45, 7) is 4.86. The Morgan fingerprint density at radius 1 is 0.554 bits per heavy atom. The number of hydrogen-bond acceptors (Lipinski definition) is 1. The lowest BCUT2D eigenvalue weighted by Crippen LogP contribution is -2.28. The molecule has 10 rings (SSSR count). The molecule has 4 aliphatic carbocycles. The predicted molar refractivity (Wildman–Crippen MR) is 236 cm³/mol. The molecule has 0 spiro atoms. The van der Waals surface area contributed by atoms with Gasteiger partial charge in [0.25, 0.3) is 0 Å². The van der Waals surface area contributed by atoms with Crippen LogP contribution in [0, 0.1) is 0 Å². The minimum Gasteiger partial charge on any atom is -0.345 e. The summed E-state index contributed by atoms with van der Waals surface area (Å²) in [7, 11) is 2.15. The largest absolute Gasteiger partial charge is 0.345 e. The number of fused-ring (bicyclic) bond motifs is 5. The molecule has 0 amide bonds. The number of benzene rings is 6. The van der Waals surface area contributed by atoms with Crippen molar-refractivity contribution in [3.8, 4) is 22.3 Å². The molecule has 1 heteroatoms. The third kappa shape index (κ3) is 6.08. The van der Waals surface area contributed by atoms with Crippen LogP contribution >= 0.6 is 0 Å². The van der Waals surface area contributed by atoms with E-state index < -0.39 is 0 Å². The second-order valence-corrected chi connectivity index (χ2v) is 17.5. The maximum absolute atomic E-state index is 2.64. The number of nitrogens with zero attached hydrogens (tertiary/aromatic N) is 1. The van der Waals surface area contributed by atoms with Crippen molar-refractivity contribution in [3.05, 3.63) is 201 Å². The van der Waals surface area contributed by atoms with Crippen molar-refractivity contribution in [3.63, 3.8) is 0 Å². The van der Waals surface area contributed by atoms with Crippen molar-refractivity contribution in [2.45, 2.75) is 88.9 Å². The van der Waals surface area contributed by atoms with Gasteiger partial charge in [0, 0.05) is 29.3 Å². The quantitative estimate of drug-likeness (QED) is 0.128. The standard InChI is InChI=1S/C55H53N/c1-54(2,46-10-6-4-7-11-46)47-25-29-51-50-28-24-45(42-22-26-49(27-23-42)56(3)48-12-8-5-9-13-48)36-52(50)55(53(51)37-47,32-30-38-14-16-40-18-20-43(40)34-38)33-31-39-15-17-41-19-21-44(41)35-39/h5-6,8-17,22-29,34-37H,4,7,18-21,30-33H2,1-3H3. The Morgan fingerprint density at radius 3 is 1.73 bits per heavy atom. The normalized spacial score (nSPS) is 15.8. The van der Waals surface area contributed by atoms with Crippen LogP contribution in [-0.2, 0) is 49.4 Å². The maximum atomic E-state index is 2.64. The van der Waals surface area contributed by atoms with E-state index in [0.717, 1.165) is 38.5 Å². The van der Waals surface area contributed by atoms with E-state index in [1.165, 1.54) is 92.7 Å². The maximum Gasteiger partial charge on any atom is 0.0408 e. The second kappa shape index (κ2) is 14.0. The first kappa shape index (κ1) is 35.0. The molecule has 4 aliphatic rings. The van der Waals surface area contributed by atoms with Crippen LogP contribution < -0.4 is 4.90 Å². The summed E-state index contributed by atoms with van der Waals surface area (Å²) < 4.78 is 0. The van der Waals surface area contributed by atoms with Gasteiger partial charge < -0.3 is 4.90 Å². The molecule has 0 saturated heterocycles. The van der Waals surface area contributed by atoms with E-state index in [0.29, 0.717) is 0 Å². The van der Waals surface area contributed by atoms with Crippen LogP contribution in [0.25, 0.3) is 22.3 Å². The molecule has 0 unspecified atom stereocenters. The Balaban J connectivity index is 1.09. The van der Waals surface area contributed by atoms with Gasteiger partial charge in [0.15, 0.2) is 0 Å². The highest BCUT2D eigenvalue weighted by molar-refractivity contribution is 5.85. The lowest BCUT2D eigenvalue weighted by molar-refractivity contribution is 0.445. The van der Waals surface area contributed by atoms with Gasteiger partial charge in [0.05, 0.1) is 0 Å². The molecule has 0 N–H and O–H groups in total. The number of allylic oxidation sites excluding steroid dienone is 4. The van der Waals surface area contributed by atoms with E-state index in [9.17, 15) is 0 Å². The minimum absolute atomic E-state index is 0.0737. The van der Waals surface area contributed by atoms with E-state index in [-0.39, 0.29) is 10.8 Å². The molecule has 0 atom stereocenters. The van der Waals surface area contributed by atoms with E-state index in [2.05, 4.69) is 171 Å². The van der Waals surface area contributed by atoms with Gasteiger partial charge in [-0.3, -0.25) is 0 Å². The van der Waals surface area contributed by atoms with Gasteiger partial charge in [0.2, 0.25) is 0 Å². The molecular formula is C55H53N. The minimum atomic E-state index is -0.122. The van der Waals surface area contributed by atoms with Crippen molar-refractivity contribution in [2.75, 3.05) is 11.9 Å². The van der Waals surface area contributed by atoms with E-state index in [1.54, 1.807) is 22.3 Å². The van der Waals surface area contributed by atoms with Crippen molar-refractivity contribution >= 4 is 11.4 Å². The first-order valence-corrected chi connectivity index (χ1v) is 21.1. The van der Waals surface area contributed by atoms with Crippen molar-refractivity contribution in [2.24, 2.45) is 0 Å². The zero-order valence-corrected chi connectivity index (χ0v) is 33.4. The molecular weight excluding hydrogens is 675 g/mol. The van der Waals surface area contributed by atoms with Crippen molar-refractivity contribution in [1.82, 2.24) is 0 Å². The monoisotopic (exact) mass is 727 g/mol. The third-order valence-electron chi connectivity index (χ3n) is 14.1. The Kier molecular flexibility index (Phi) is 8.74. The summed E-state index contributed by atoms with van der Waals surface area (Å²) in [6, 6.07) is 49.5. The molecule has 56 heavy (non-hydrogen) atoms. The van der Waals surface area contributed by atoms with Crippen LogP contribution in [0.2, 0.25) is 0 Å². The molecule has 0 aliphatic heterocycles. The molecule has 0 aromatic heterocycles. The van der Waals surface area contributed by atoms with E-state index in [1.807, 2.05) is 0 Å². The molecule has 0 fully saturated rings. The van der Waals surface area contributed by atoms with Crippen molar-refractivity contribution in [1.29, 1.82) is 0 Å². The fourth-order valence-corrected chi connectivity index (χ4v) is 10.2. The average molecular weight is 728 g/mol. The summed E-state index contributed by atoms with van der Waals surface area (Å²) in [6.07, 6.45) is 18.7. The summed E-state index contributed by atoms with van der Waals surface area (Å²) >= 11 is 0. The highest BCUT2D eigenvalue weighted by Gasteiger charge is 2.44. The summed E-state index contributed by atoms with van der Waals surface area (Å²) in [5.74, 6) is 0. The molecule has 278 valence electrons. The first-order chi connectivity index (χ1) is 27.4. The summed E-state index contributed by atoms with van der Waals surface area (Å²) in [4.78, 5) is 2.26. The van der Waals surface area contributed by atoms with Crippen LogP contribution in [0.15, 0.2) is 151 Å². The topological polar surface area (TPSA) is 3.24 Å². The lowest BCUT2D eigenvalue weighted by Gasteiger charge is -2.35. The lowest BCUT2D eigenvalue weighted by atomic mass is 9.68. The molecule has 0 heterocycles. The second-order valence-electron chi connectivity index (χ2n) is 17.5. The number of anilines is 2. The number of aryl methyl sites for hydroxylation is 6. The number of hydrogen-bond donors (Lipinski definition) is 0. The Morgan fingerprint density at radius 2 is 1.14 bits per heavy atom. The predicted octanol–water partition coefficient (Wildman–Crippen LogP) is 13.4. The Hall–Kier alpha value is -5.40. The highest BCUT2D eigenvalue weighted by atomic mass is 15.1. The zero-order valence-electron chi connectivity index (χ0n) is 33.4.